The van der Waals surface area contributed by atoms with Gasteiger partial charge in [0.25, 0.3) is 0 Å². The second-order valence-corrected chi connectivity index (χ2v) is 4.40. The van der Waals surface area contributed by atoms with Crippen LogP contribution < -0.4 is 10.6 Å². The number of benzene rings is 1. The SMILES string of the molecule is NCCCN(c1ccccc1)c1ccc(C(F)(F)F)nn1. The van der Waals surface area contributed by atoms with Crippen LogP contribution in [0, 0.1) is 0 Å². The number of halogens is 3. The molecule has 0 spiro atoms. The summed E-state index contributed by atoms with van der Waals surface area (Å²) < 4.78 is 37.5. The molecule has 0 aliphatic rings. The maximum absolute atomic E-state index is 12.5. The van der Waals surface area contributed by atoms with Gasteiger partial charge in [-0.15, -0.1) is 10.2 Å². The van der Waals surface area contributed by atoms with Gasteiger partial charge in [-0.3, -0.25) is 0 Å². The zero-order valence-corrected chi connectivity index (χ0v) is 11.2. The predicted octanol–water partition coefficient (Wildman–Crippen LogP) is 2.98. The van der Waals surface area contributed by atoms with Crippen molar-refractivity contribution in [3.05, 3.63) is 48.2 Å². The Morgan fingerprint density at radius 2 is 1.71 bits per heavy atom. The Morgan fingerprint density at radius 1 is 1.00 bits per heavy atom. The Hall–Kier alpha value is -2.15. The molecule has 1 aromatic carbocycles. The van der Waals surface area contributed by atoms with Crippen LogP contribution in [0.15, 0.2) is 42.5 Å². The van der Waals surface area contributed by atoms with Crippen LogP contribution in [-0.4, -0.2) is 23.3 Å². The minimum Gasteiger partial charge on any atom is -0.330 e. The van der Waals surface area contributed by atoms with E-state index in [1.165, 1.54) is 6.07 Å². The van der Waals surface area contributed by atoms with Crippen molar-refractivity contribution < 1.29 is 13.2 Å². The summed E-state index contributed by atoms with van der Waals surface area (Å²) in [6, 6.07) is 11.5. The highest BCUT2D eigenvalue weighted by atomic mass is 19.4. The van der Waals surface area contributed by atoms with E-state index in [1.54, 1.807) is 4.90 Å². The van der Waals surface area contributed by atoms with Gasteiger partial charge in [-0.05, 0) is 37.2 Å². The third-order valence-corrected chi connectivity index (χ3v) is 2.87. The Bertz CT molecular complexity index is 555. The van der Waals surface area contributed by atoms with Crippen molar-refractivity contribution in [1.82, 2.24) is 10.2 Å². The topological polar surface area (TPSA) is 55.0 Å². The molecular formula is C14H15F3N4. The van der Waals surface area contributed by atoms with E-state index < -0.39 is 11.9 Å². The first-order chi connectivity index (χ1) is 10.0. The van der Waals surface area contributed by atoms with Crippen molar-refractivity contribution in [2.45, 2.75) is 12.6 Å². The molecule has 0 saturated heterocycles. The largest absolute Gasteiger partial charge is 0.435 e. The van der Waals surface area contributed by atoms with Gasteiger partial charge < -0.3 is 10.6 Å². The van der Waals surface area contributed by atoms with E-state index in [0.717, 1.165) is 11.8 Å². The summed E-state index contributed by atoms with van der Waals surface area (Å²) in [5, 5.41) is 6.95. The number of rotatable bonds is 5. The van der Waals surface area contributed by atoms with E-state index in [0.29, 0.717) is 25.3 Å². The highest BCUT2D eigenvalue weighted by Gasteiger charge is 2.33. The van der Waals surface area contributed by atoms with Crippen LogP contribution in [0.3, 0.4) is 0 Å². The normalized spacial score (nSPS) is 11.4. The van der Waals surface area contributed by atoms with Gasteiger partial charge in [0.1, 0.15) is 0 Å². The number of nitrogens with two attached hydrogens (primary N) is 1. The minimum atomic E-state index is -4.49. The summed E-state index contributed by atoms with van der Waals surface area (Å²) in [6.45, 7) is 1.04. The first-order valence-electron chi connectivity index (χ1n) is 6.46. The summed E-state index contributed by atoms with van der Waals surface area (Å²) in [6.07, 6.45) is -3.79. The molecule has 2 N–H and O–H groups in total. The molecular weight excluding hydrogens is 281 g/mol. The van der Waals surface area contributed by atoms with Gasteiger partial charge >= 0.3 is 6.18 Å². The van der Waals surface area contributed by atoms with Gasteiger partial charge in [-0.2, -0.15) is 13.2 Å². The number of hydrogen-bond donors (Lipinski definition) is 1. The Kier molecular flexibility index (Phi) is 4.74. The molecule has 112 valence electrons. The number of aromatic nitrogens is 2. The van der Waals surface area contributed by atoms with E-state index in [2.05, 4.69) is 10.2 Å². The van der Waals surface area contributed by atoms with Crippen LogP contribution in [-0.2, 0) is 6.18 Å². The standard InChI is InChI=1S/C14H15F3N4/c15-14(16,17)12-7-8-13(20-19-12)21(10-4-9-18)11-5-2-1-3-6-11/h1-3,5-8H,4,9-10,18H2. The maximum atomic E-state index is 12.5. The molecule has 2 aromatic rings. The monoisotopic (exact) mass is 296 g/mol. The second-order valence-electron chi connectivity index (χ2n) is 4.40. The molecule has 1 aromatic heterocycles. The van der Waals surface area contributed by atoms with Crippen LogP contribution >= 0.6 is 0 Å². The molecule has 0 fully saturated rings. The Labute approximate surface area is 120 Å². The molecule has 0 atom stereocenters. The molecule has 2 rings (SSSR count). The zero-order chi connectivity index (χ0) is 15.3. The first kappa shape index (κ1) is 15.2. The van der Waals surface area contributed by atoms with E-state index in [1.807, 2.05) is 30.3 Å². The van der Waals surface area contributed by atoms with Crippen LogP contribution in [0.25, 0.3) is 0 Å². The fourth-order valence-corrected chi connectivity index (χ4v) is 1.85. The van der Waals surface area contributed by atoms with Gasteiger partial charge in [0.2, 0.25) is 0 Å². The van der Waals surface area contributed by atoms with Crippen molar-refractivity contribution >= 4 is 11.5 Å². The number of para-hydroxylation sites is 1. The van der Waals surface area contributed by atoms with Crippen molar-refractivity contribution in [2.75, 3.05) is 18.0 Å². The lowest BCUT2D eigenvalue weighted by Gasteiger charge is -2.23. The molecule has 7 heteroatoms. The highest BCUT2D eigenvalue weighted by molar-refractivity contribution is 5.59. The average molecular weight is 296 g/mol. The second kappa shape index (κ2) is 6.53. The van der Waals surface area contributed by atoms with E-state index in [-0.39, 0.29) is 0 Å². The van der Waals surface area contributed by atoms with Gasteiger partial charge in [0.15, 0.2) is 11.5 Å². The van der Waals surface area contributed by atoms with Crippen molar-refractivity contribution in [1.29, 1.82) is 0 Å². The highest BCUT2D eigenvalue weighted by Crippen LogP contribution is 2.29. The van der Waals surface area contributed by atoms with E-state index in [4.69, 9.17) is 5.73 Å². The van der Waals surface area contributed by atoms with Gasteiger partial charge in [0.05, 0.1) is 0 Å². The maximum Gasteiger partial charge on any atom is 0.435 e. The summed E-state index contributed by atoms with van der Waals surface area (Å²) >= 11 is 0. The van der Waals surface area contributed by atoms with Gasteiger partial charge in [-0.25, -0.2) is 0 Å². The smallest absolute Gasteiger partial charge is 0.330 e. The fourth-order valence-electron chi connectivity index (χ4n) is 1.85. The predicted molar refractivity (Wildman–Crippen MR) is 74.2 cm³/mol. The van der Waals surface area contributed by atoms with Crippen molar-refractivity contribution in [2.24, 2.45) is 5.73 Å². The Balaban J connectivity index is 2.29. The number of nitrogens with zero attached hydrogens (tertiary/aromatic N) is 3. The van der Waals surface area contributed by atoms with E-state index in [9.17, 15) is 13.2 Å². The molecule has 0 amide bonds. The molecule has 0 aliphatic carbocycles. The lowest BCUT2D eigenvalue weighted by atomic mass is 10.2. The summed E-state index contributed by atoms with van der Waals surface area (Å²) in [7, 11) is 0. The molecule has 0 saturated carbocycles. The molecule has 0 unspecified atom stereocenters. The van der Waals surface area contributed by atoms with E-state index >= 15 is 0 Å². The third kappa shape index (κ3) is 3.91. The van der Waals surface area contributed by atoms with Crippen LogP contribution in [0.4, 0.5) is 24.7 Å². The fraction of sp³-hybridized carbons (Fsp3) is 0.286. The molecule has 0 bridgehead atoms. The molecule has 21 heavy (non-hydrogen) atoms. The van der Waals surface area contributed by atoms with Gasteiger partial charge in [-0.1, -0.05) is 18.2 Å². The Morgan fingerprint density at radius 3 is 2.24 bits per heavy atom. The lowest BCUT2D eigenvalue weighted by Crippen LogP contribution is -2.22. The molecule has 1 heterocycles. The summed E-state index contributed by atoms with van der Waals surface area (Å²) in [4.78, 5) is 1.79. The molecule has 0 radical (unpaired) electrons. The zero-order valence-electron chi connectivity index (χ0n) is 11.2. The number of anilines is 2. The van der Waals surface area contributed by atoms with Crippen LogP contribution in [0.5, 0.6) is 0 Å². The molecule has 4 nitrogen and oxygen atoms in total. The lowest BCUT2D eigenvalue weighted by molar-refractivity contribution is -0.141. The average Bonchev–Trinajstić information content (AvgIpc) is 2.48. The number of alkyl halides is 3. The summed E-state index contributed by atoms with van der Waals surface area (Å²) in [5.74, 6) is 0.364. The first-order valence-corrected chi connectivity index (χ1v) is 6.46. The van der Waals surface area contributed by atoms with Crippen LogP contribution in [0.2, 0.25) is 0 Å². The van der Waals surface area contributed by atoms with Crippen molar-refractivity contribution in [3.63, 3.8) is 0 Å². The summed E-state index contributed by atoms with van der Waals surface area (Å²) in [5.41, 5.74) is 5.33. The van der Waals surface area contributed by atoms with Crippen molar-refractivity contribution in [3.8, 4) is 0 Å². The minimum absolute atomic E-state index is 0.364. The number of hydrogen-bond acceptors (Lipinski definition) is 4. The van der Waals surface area contributed by atoms with Crippen LogP contribution in [0.1, 0.15) is 12.1 Å². The van der Waals surface area contributed by atoms with Gasteiger partial charge in [0, 0.05) is 12.2 Å². The third-order valence-electron chi connectivity index (χ3n) is 2.87. The quantitative estimate of drug-likeness (QED) is 0.921. The molecule has 0 aliphatic heterocycles.